The summed E-state index contributed by atoms with van der Waals surface area (Å²) >= 11 is 0. The van der Waals surface area contributed by atoms with Crippen molar-refractivity contribution in [3.8, 4) is 5.75 Å². The molecule has 2 aromatic rings. The van der Waals surface area contributed by atoms with Crippen LogP contribution >= 0.6 is 0 Å². The number of carbonyl (C=O) groups excluding carboxylic acids is 1. The number of para-hydroxylation sites is 2. The molecule has 2 N–H and O–H groups in total. The van der Waals surface area contributed by atoms with Crippen molar-refractivity contribution >= 4 is 17.4 Å². The van der Waals surface area contributed by atoms with E-state index >= 15 is 0 Å². The van der Waals surface area contributed by atoms with Crippen LogP contribution in [0.2, 0.25) is 0 Å². The summed E-state index contributed by atoms with van der Waals surface area (Å²) in [5.41, 5.74) is 1.07. The third-order valence-corrected chi connectivity index (χ3v) is 3.11. The summed E-state index contributed by atoms with van der Waals surface area (Å²) in [5, 5.41) is 13.9. The zero-order valence-electron chi connectivity index (χ0n) is 13.5. The fourth-order valence-corrected chi connectivity index (χ4v) is 1.89. The zero-order chi connectivity index (χ0) is 16.7. The third-order valence-electron chi connectivity index (χ3n) is 3.11. The molecule has 0 unspecified atom stereocenters. The lowest BCUT2D eigenvalue weighted by Gasteiger charge is -2.11. The highest BCUT2D eigenvalue weighted by atomic mass is 16.5. The van der Waals surface area contributed by atoms with Crippen molar-refractivity contribution in [2.75, 3.05) is 39.6 Å². The van der Waals surface area contributed by atoms with Gasteiger partial charge in [0.2, 0.25) is 0 Å². The average Bonchev–Trinajstić information content (AvgIpc) is 2.55. The number of carbonyl (C=O) groups is 1. The number of nitrogens with zero attached hydrogens (tertiary/aromatic N) is 3. The van der Waals surface area contributed by atoms with Crippen molar-refractivity contribution < 1.29 is 9.53 Å². The van der Waals surface area contributed by atoms with Gasteiger partial charge in [0.25, 0.3) is 5.91 Å². The summed E-state index contributed by atoms with van der Waals surface area (Å²) in [6, 6.07) is 10.8. The molecule has 0 saturated heterocycles. The van der Waals surface area contributed by atoms with Gasteiger partial charge >= 0.3 is 0 Å². The van der Waals surface area contributed by atoms with Crippen LogP contribution in [0.15, 0.2) is 36.4 Å². The molecule has 0 radical (unpaired) electrons. The lowest BCUT2D eigenvalue weighted by molar-refractivity contribution is 0.0945. The summed E-state index contributed by atoms with van der Waals surface area (Å²) in [6.07, 6.45) is 0. The van der Waals surface area contributed by atoms with Crippen molar-refractivity contribution in [2.24, 2.45) is 0 Å². The van der Waals surface area contributed by atoms with Gasteiger partial charge in [-0.2, -0.15) is 0 Å². The lowest BCUT2D eigenvalue weighted by Crippen LogP contribution is -2.31. The van der Waals surface area contributed by atoms with Gasteiger partial charge in [0, 0.05) is 13.1 Å². The lowest BCUT2D eigenvalue weighted by atomic mass is 10.3. The van der Waals surface area contributed by atoms with Crippen LogP contribution in [0.3, 0.4) is 0 Å². The van der Waals surface area contributed by atoms with Crippen molar-refractivity contribution in [1.29, 1.82) is 0 Å². The monoisotopic (exact) mass is 315 g/mol. The van der Waals surface area contributed by atoms with E-state index in [4.69, 9.17) is 4.74 Å². The molecule has 0 aliphatic carbocycles. The van der Waals surface area contributed by atoms with Crippen LogP contribution in [0.25, 0.3) is 0 Å². The molecule has 7 heteroatoms. The van der Waals surface area contributed by atoms with Gasteiger partial charge < -0.3 is 20.3 Å². The molecule has 1 aromatic carbocycles. The van der Waals surface area contributed by atoms with Gasteiger partial charge in [0.15, 0.2) is 11.5 Å². The van der Waals surface area contributed by atoms with Crippen molar-refractivity contribution in [3.63, 3.8) is 0 Å². The highest BCUT2D eigenvalue weighted by Gasteiger charge is 2.08. The second-order valence-corrected chi connectivity index (χ2v) is 5.19. The molecule has 0 aliphatic heterocycles. The van der Waals surface area contributed by atoms with E-state index < -0.39 is 0 Å². The van der Waals surface area contributed by atoms with Crippen molar-refractivity contribution in [1.82, 2.24) is 20.4 Å². The molecule has 0 fully saturated rings. The minimum absolute atomic E-state index is 0.233. The van der Waals surface area contributed by atoms with E-state index in [0.29, 0.717) is 18.1 Å². The number of ether oxygens (including phenoxy) is 1. The Morgan fingerprint density at radius 3 is 2.61 bits per heavy atom. The summed E-state index contributed by atoms with van der Waals surface area (Å²) in [5.74, 6) is 1.02. The van der Waals surface area contributed by atoms with Gasteiger partial charge in [-0.1, -0.05) is 12.1 Å². The largest absolute Gasteiger partial charge is 0.495 e. The molecule has 1 amide bonds. The van der Waals surface area contributed by atoms with Gasteiger partial charge in [-0.25, -0.2) is 0 Å². The molecule has 2 rings (SSSR count). The Morgan fingerprint density at radius 2 is 1.96 bits per heavy atom. The van der Waals surface area contributed by atoms with Crippen LogP contribution in [0, 0.1) is 0 Å². The van der Waals surface area contributed by atoms with Gasteiger partial charge in [0.05, 0.1) is 12.8 Å². The minimum Gasteiger partial charge on any atom is -0.495 e. The number of hydrogen-bond donors (Lipinski definition) is 2. The maximum atomic E-state index is 11.9. The first-order chi connectivity index (χ1) is 11.1. The third kappa shape index (κ3) is 4.93. The van der Waals surface area contributed by atoms with Gasteiger partial charge in [-0.05, 0) is 38.4 Å². The average molecular weight is 315 g/mol. The van der Waals surface area contributed by atoms with Crippen LogP contribution in [-0.4, -0.2) is 55.3 Å². The SMILES string of the molecule is COc1ccccc1Nc1ccc(C(=O)NCCN(C)C)nn1. The Labute approximate surface area is 135 Å². The van der Waals surface area contributed by atoms with Crippen LogP contribution in [0.4, 0.5) is 11.5 Å². The van der Waals surface area contributed by atoms with E-state index in [9.17, 15) is 4.79 Å². The van der Waals surface area contributed by atoms with Gasteiger partial charge in [0.1, 0.15) is 5.75 Å². The normalized spacial score (nSPS) is 10.4. The number of anilines is 2. The minimum atomic E-state index is -0.233. The number of amides is 1. The quantitative estimate of drug-likeness (QED) is 0.806. The Morgan fingerprint density at radius 1 is 1.17 bits per heavy atom. The van der Waals surface area contributed by atoms with E-state index in [1.807, 2.05) is 43.3 Å². The molecule has 122 valence electrons. The number of likely N-dealkylation sites (N-methyl/N-ethyl adjacent to an activating group) is 1. The summed E-state index contributed by atoms with van der Waals surface area (Å²) < 4.78 is 5.26. The fraction of sp³-hybridized carbons (Fsp3) is 0.312. The molecule has 23 heavy (non-hydrogen) atoms. The summed E-state index contributed by atoms with van der Waals surface area (Å²) in [4.78, 5) is 13.9. The summed E-state index contributed by atoms with van der Waals surface area (Å²) in [7, 11) is 5.50. The molecule has 1 heterocycles. The van der Waals surface area contributed by atoms with Gasteiger partial charge in [-0.15, -0.1) is 10.2 Å². The molecule has 0 saturated carbocycles. The standard InChI is InChI=1S/C16H21N5O2/c1-21(2)11-10-17-16(22)13-8-9-15(20-19-13)18-12-6-4-5-7-14(12)23-3/h4-9H,10-11H2,1-3H3,(H,17,22)(H,18,20). The smallest absolute Gasteiger partial charge is 0.271 e. The number of hydrogen-bond acceptors (Lipinski definition) is 6. The van der Waals surface area contributed by atoms with Gasteiger partial charge in [-0.3, -0.25) is 4.79 Å². The molecule has 0 bridgehead atoms. The predicted octanol–water partition coefficient (Wildman–Crippen LogP) is 1.52. The first kappa shape index (κ1) is 16.7. The van der Waals surface area contributed by atoms with E-state index in [1.54, 1.807) is 19.2 Å². The van der Waals surface area contributed by atoms with E-state index in [1.165, 1.54) is 0 Å². The first-order valence-electron chi connectivity index (χ1n) is 7.27. The fourth-order valence-electron chi connectivity index (χ4n) is 1.89. The molecule has 7 nitrogen and oxygen atoms in total. The zero-order valence-corrected chi connectivity index (χ0v) is 13.5. The maximum absolute atomic E-state index is 11.9. The van der Waals surface area contributed by atoms with Crippen LogP contribution in [0.5, 0.6) is 5.75 Å². The second kappa shape index (κ2) is 8.09. The van der Waals surface area contributed by atoms with E-state index in [0.717, 1.165) is 12.2 Å². The van der Waals surface area contributed by atoms with Crippen LogP contribution < -0.4 is 15.4 Å². The molecule has 0 aliphatic rings. The molecule has 0 spiro atoms. The number of rotatable bonds is 7. The van der Waals surface area contributed by atoms with Crippen molar-refractivity contribution in [2.45, 2.75) is 0 Å². The number of nitrogens with one attached hydrogen (secondary N) is 2. The topological polar surface area (TPSA) is 79.4 Å². The maximum Gasteiger partial charge on any atom is 0.271 e. The molecular formula is C16H21N5O2. The predicted molar refractivity (Wildman–Crippen MR) is 89.2 cm³/mol. The Hall–Kier alpha value is -2.67. The van der Waals surface area contributed by atoms with E-state index in [2.05, 4.69) is 20.8 Å². The van der Waals surface area contributed by atoms with E-state index in [-0.39, 0.29) is 11.6 Å². The van der Waals surface area contributed by atoms with Crippen LogP contribution in [-0.2, 0) is 0 Å². The number of methoxy groups -OCH3 is 1. The highest BCUT2D eigenvalue weighted by molar-refractivity contribution is 5.92. The Balaban J connectivity index is 1.98. The molecule has 1 aromatic heterocycles. The second-order valence-electron chi connectivity index (χ2n) is 5.19. The van der Waals surface area contributed by atoms with Crippen molar-refractivity contribution in [3.05, 3.63) is 42.1 Å². The molecule has 0 atom stereocenters. The number of aromatic nitrogens is 2. The first-order valence-corrected chi connectivity index (χ1v) is 7.27. The molecular weight excluding hydrogens is 294 g/mol. The Bertz CT molecular complexity index is 643. The van der Waals surface area contributed by atoms with Crippen LogP contribution in [0.1, 0.15) is 10.5 Å². The Kier molecular flexibility index (Phi) is 5.87. The highest BCUT2D eigenvalue weighted by Crippen LogP contribution is 2.25. The number of benzene rings is 1. The summed E-state index contributed by atoms with van der Waals surface area (Å²) in [6.45, 7) is 1.33.